The number of benzene rings is 2. The molecule has 3 aromatic rings. The van der Waals surface area contributed by atoms with Gasteiger partial charge in [-0.15, -0.1) is 0 Å². The lowest BCUT2D eigenvalue weighted by Gasteiger charge is -2.14. The largest absolute Gasteiger partial charge is 0.440 e. The van der Waals surface area contributed by atoms with Crippen LogP contribution in [0.4, 0.5) is 0 Å². The monoisotopic (exact) mass is 410 g/mol. The molecule has 1 aromatic heterocycles. The molecule has 0 aliphatic heterocycles. The van der Waals surface area contributed by atoms with Crippen molar-refractivity contribution in [2.24, 2.45) is 0 Å². The minimum absolute atomic E-state index is 0.241. The number of carbonyl (C=O) groups excluding carboxylic acids is 1. The third kappa shape index (κ3) is 4.24. The van der Waals surface area contributed by atoms with Gasteiger partial charge < -0.3 is 9.73 Å². The van der Waals surface area contributed by atoms with Crippen molar-refractivity contribution < 1.29 is 17.6 Å². The van der Waals surface area contributed by atoms with E-state index in [-0.39, 0.29) is 22.8 Å². The Hall–Kier alpha value is -2.93. The van der Waals surface area contributed by atoms with Crippen LogP contribution in [0, 0.1) is 0 Å². The standard InChI is InChI=1S/C22H22N2O4S/c1-14(15-10-12-18(13-11-15)29(2,26)27)23-21(25)19-20(16-8-9-16)28-22(24-19)17-6-4-3-5-7-17/h3-7,10-14,16H,8-9H2,1-2H3,(H,23,25). The van der Waals surface area contributed by atoms with Crippen LogP contribution in [0.3, 0.4) is 0 Å². The molecule has 4 rings (SSSR count). The molecule has 6 nitrogen and oxygen atoms in total. The summed E-state index contributed by atoms with van der Waals surface area (Å²) in [6.07, 6.45) is 3.15. The summed E-state index contributed by atoms with van der Waals surface area (Å²) in [4.78, 5) is 17.6. The fourth-order valence-electron chi connectivity index (χ4n) is 3.17. The number of hydrogen-bond acceptors (Lipinski definition) is 5. The molecule has 1 N–H and O–H groups in total. The van der Waals surface area contributed by atoms with Gasteiger partial charge >= 0.3 is 0 Å². The number of sulfone groups is 1. The van der Waals surface area contributed by atoms with E-state index in [2.05, 4.69) is 10.3 Å². The minimum Gasteiger partial charge on any atom is -0.440 e. The summed E-state index contributed by atoms with van der Waals surface area (Å²) in [7, 11) is -3.25. The molecule has 7 heteroatoms. The highest BCUT2D eigenvalue weighted by molar-refractivity contribution is 7.90. The second-order valence-corrected chi connectivity index (χ2v) is 9.42. The maximum atomic E-state index is 12.9. The molecule has 0 spiro atoms. The first-order valence-corrected chi connectivity index (χ1v) is 11.4. The molecule has 1 atom stereocenters. The van der Waals surface area contributed by atoms with Gasteiger partial charge in [-0.2, -0.15) is 0 Å². The van der Waals surface area contributed by atoms with E-state index in [4.69, 9.17) is 4.42 Å². The molecule has 0 bridgehead atoms. The van der Waals surface area contributed by atoms with Crippen LogP contribution in [-0.4, -0.2) is 25.6 Å². The minimum atomic E-state index is -3.25. The third-order valence-corrected chi connectivity index (χ3v) is 6.12. The Kier molecular flexibility index (Phi) is 5.00. The average Bonchev–Trinajstić information content (AvgIpc) is 3.46. The van der Waals surface area contributed by atoms with Crippen molar-refractivity contribution >= 4 is 15.7 Å². The number of nitrogens with one attached hydrogen (secondary N) is 1. The van der Waals surface area contributed by atoms with Gasteiger partial charge in [0.2, 0.25) is 5.89 Å². The lowest BCUT2D eigenvalue weighted by Crippen LogP contribution is -2.27. The first-order valence-electron chi connectivity index (χ1n) is 9.50. The van der Waals surface area contributed by atoms with Crippen LogP contribution in [0.1, 0.15) is 53.5 Å². The van der Waals surface area contributed by atoms with E-state index in [1.54, 1.807) is 24.3 Å². The second-order valence-electron chi connectivity index (χ2n) is 7.41. The van der Waals surface area contributed by atoms with Crippen LogP contribution in [0.5, 0.6) is 0 Å². The van der Waals surface area contributed by atoms with Gasteiger partial charge in [0.05, 0.1) is 10.9 Å². The molecule has 1 fully saturated rings. The average molecular weight is 410 g/mol. The van der Waals surface area contributed by atoms with Crippen molar-refractivity contribution in [3.8, 4) is 11.5 Å². The highest BCUT2D eigenvalue weighted by Gasteiger charge is 2.34. The van der Waals surface area contributed by atoms with Gasteiger partial charge in [-0.1, -0.05) is 30.3 Å². The molecule has 29 heavy (non-hydrogen) atoms. The summed E-state index contributed by atoms with van der Waals surface area (Å²) in [5.74, 6) is 1.03. The van der Waals surface area contributed by atoms with E-state index in [0.717, 1.165) is 24.0 Å². The molecule has 150 valence electrons. The number of nitrogens with zero attached hydrogens (tertiary/aromatic N) is 1. The third-order valence-electron chi connectivity index (χ3n) is 4.99. The quantitative estimate of drug-likeness (QED) is 0.660. The highest BCUT2D eigenvalue weighted by atomic mass is 32.2. The number of hydrogen-bond donors (Lipinski definition) is 1. The van der Waals surface area contributed by atoms with Gasteiger partial charge in [0.15, 0.2) is 15.5 Å². The van der Waals surface area contributed by atoms with Gasteiger partial charge in [0.1, 0.15) is 5.76 Å². The molecule has 2 aromatic carbocycles. The Balaban J connectivity index is 1.56. The van der Waals surface area contributed by atoms with Gasteiger partial charge in [-0.05, 0) is 49.6 Å². The first-order chi connectivity index (χ1) is 13.8. The van der Waals surface area contributed by atoms with Gasteiger partial charge in [0, 0.05) is 17.7 Å². The van der Waals surface area contributed by atoms with Crippen LogP contribution in [0.2, 0.25) is 0 Å². The van der Waals surface area contributed by atoms with Crippen molar-refractivity contribution in [1.29, 1.82) is 0 Å². The second kappa shape index (κ2) is 7.48. The Bertz CT molecular complexity index is 1130. The summed E-state index contributed by atoms with van der Waals surface area (Å²) in [6.45, 7) is 1.85. The Morgan fingerprint density at radius 2 is 1.76 bits per heavy atom. The molecule has 1 aliphatic rings. The van der Waals surface area contributed by atoms with E-state index < -0.39 is 9.84 Å². The summed E-state index contributed by atoms with van der Waals surface area (Å²) >= 11 is 0. The summed E-state index contributed by atoms with van der Waals surface area (Å²) in [5.41, 5.74) is 1.97. The molecular formula is C22H22N2O4S. The predicted octanol–water partition coefficient (Wildman–Crippen LogP) is 4.11. The maximum Gasteiger partial charge on any atom is 0.274 e. The Morgan fingerprint density at radius 3 is 2.34 bits per heavy atom. The lowest BCUT2D eigenvalue weighted by atomic mass is 10.1. The molecule has 1 saturated carbocycles. The van der Waals surface area contributed by atoms with Crippen LogP contribution >= 0.6 is 0 Å². The fraction of sp³-hybridized carbons (Fsp3) is 0.273. The molecule has 1 unspecified atom stereocenters. The van der Waals surface area contributed by atoms with Crippen molar-refractivity contribution in [2.45, 2.75) is 36.6 Å². The molecule has 0 saturated heterocycles. The number of aromatic nitrogens is 1. The number of amides is 1. The van der Waals surface area contributed by atoms with E-state index in [1.165, 1.54) is 6.26 Å². The molecule has 1 heterocycles. The molecule has 1 amide bonds. The Morgan fingerprint density at radius 1 is 1.10 bits per heavy atom. The number of oxazole rings is 1. The Labute approximate surface area is 169 Å². The highest BCUT2D eigenvalue weighted by Crippen LogP contribution is 2.43. The predicted molar refractivity (Wildman–Crippen MR) is 109 cm³/mol. The van der Waals surface area contributed by atoms with Crippen molar-refractivity contribution in [3.05, 3.63) is 71.6 Å². The van der Waals surface area contributed by atoms with E-state index in [1.807, 2.05) is 37.3 Å². The first kappa shape index (κ1) is 19.4. The summed E-state index contributed by atoms with van der Waals surface area (Å²) < 4.78 is 29.2. The van der Waals surface area contributed by atoms with Crippen molar-refractivity contribution in [2.75, 3.05) is 6.26 Å². The zero-order chi connectivity index (χ0) is 20.6. The maximum absolute atomic E-state index is 12.9. The topological polar surface area (TPSA) is 89.3 Å². The molecular weight excluding hydrogens is 388 g/mol. The van der Waals surface area contributed by atoms with Crippen LogP contribution in [0.15, 0.2) is 63.9 Å². The molecule has 0 radical (unpaired) electrons. The normalized spacial score (nSPS) is 15.1. The lowest BCUT2D eigenvalue weighted by molar-refractivity contribution is 0.0933. The van der Waals surface area contributed by atoms with Crippen molar-refractivity contribution in [1.82, 2.24) is 10.3 Å². The van der Waals surface area contributed by atoms with Crippen LogP contribution in [-0.2, 0) is 9.84 Å². The van der Waals surface area contributed by atoms with E-state index >= 15 is 0 Å². The summed E-state index contributed by atoms with van der Waals surface area (Å²) in [5, 5.41) is 2.95. The zero-order valence-electron chi connectivity index (χ0n) is 16.3. The number of carbonyl (C=O) groups is 1. The van der Waals surface area contributed by atoms with Gasteiger partial charge in [0.25, 0.3) is 5.91 Å². The van der Waals surface area contributed by atoms with Crippen LogP contribution < -0.4 is 5.32 Å². The fourth-order valence-corrected chi connectivity index (χ4v) is 3.80. The summed E-state index contributed by atoms with van der Waals surface area (Å²) in [6, 6.07) is 15.7. The van der Waals surface area contributed by atoms with Crippen molar-refractivity contribution in [3.63, 3.8) is 0 Å². The van der Waals surface area contributed by atoms with Gasteiger partial charge in [-0.25, -0.2) is 13.4 Å². The van der Waals surface area contributed by atoms with E-state index in [9.17, 15) is 13.2 Å². The van der Waals surface area contributed by atoms with Crippen LogP contribution in [0.25, 0.3) is 11.5 Å². The smallest absolute Gasteiger partial charge is 0.274 e. The number of rotatable bonds is 6. The molecule has 1 aliphatic carbocycles. The van der Waals surface area contributed by atoms with E-state index in [0.29, 0.717) is 17.3 Å². The van der Waals surface area contributed by atoms with Gasteiger partial charge in [-0.3, -0.25) is 4.79 Å². The SMILES string of the molecule is CC(NC(=O)c1nc(-c2ccccc2)oc1C1CC1)c1ccc(S(C)(=O)=O)cc1. The zero-order valence-corrected chi connectivity index (χ0v) is 17.1.